The highest BCUT2D eigenvalue weighted by Gasteiger charge is 2.08. The summed E-state index contributed by atoms with van der Waals surface area (Å²) in [5, 5.41) is 1.06. The summed E-state index contributed by atoms with van der Waals surface area (Å²) in [4.78, 5) is 15.4. The maximum atomic E-state index is 5.98. The van der Waals surface area contributed by atoms with Crippen LogP contribution in [0.2, 0.25) is 10.0 Å². The number of H-pyrrole nitrogens is 1. The smallest absolute Gasteiger partial charge is 0.183 e. The summed E-state index contributed by atoms with van der Waals surface area (Å²) in [7, 11) is 0. The van der Waals surface area contributed by atoms with Crippen LogP contribution in [-0.4, -0.2) is 19.9 Å². The Hall–Kier alpha value is -1.85. The zero-order valence-electron chi connectivity index (χ0n) is 9.69. The number of fused-ring (bicyclic) bond motifs is 1. The molecule has 0 fully saturated rings. The van der Waals surface area contributed by atoms with Crippen molar-refractivity contribution in [2.75, 3.05) is 5.73 Å². The van der Waals surface area contributed by atoms with E-state index in [2.05, 4.69) is 19.9 Å². The maximum Gasteiger partial charge on any atom is 0.183 e. The highest BCUT2D eigenvalue weighted by Crippen LogP contribution is 2.24. The van der Waals surface area contributed by atoms with Gasteiger partial charge in [0.25, 0.3) is 0 Å². The Kier molecular flexibility index (Phi) is 3.00. The molecule has 0 unspecified atom stereocenters. The number of aromatic nitrogens is 4. The van der Waals surface area contributed by atoms with Crippen LogP contribution in [0.5, 0.6) is 0 Å². The van der Waals surface area contributed by atoms with Crippen LogP contribution >= 0.6 is 23.2 Å². The number of anilines is 1. The van der Waals surface area contributed by atoms with Crippen LogP contribution < -0.4 is 5.73 Å². The summed E-state index contributed by atoms with van der Waals surface area (Å²) in [5.74, 6) is 1.14. The van der Waals surface area contributed by atoms with Gasteiger partial charge in [0.05, 0.1) is 10.0 Å². The number of imidazole rings is 1. The van der Waals surface area contributed by atoms with Gasteiger partial charge in [0.15, 0.2) is 11.5 Å². The number of nitrogens with one attached hydrogen (secondary N) is 1. The summed E-state index contributed by atoms with van der Waals surface area (Å²) in [6.07, 6.45) is 1.98. The van der Waals surface area contributed by atoms with Crippen LogP contribution in [0.15, 0.2) is 24.5 Å². The molecule has 0 atom stereocenters. The number of hydrogen-bond acceptors (Lipinski definition) is 4. The van der Waals surface area contributed by atoms with E-state index in [9.17, 15) is 0 Å². The van der Waals surface area contributed by atoms with Crippen LogP contribution in [-0.2, 0) is 6.42 Å². The molecular weight excluding hydrogens is 285 g/mol. The van der Waals surface area contributed by atoms with Gasteiger partial charge in [-0.25, -0.2) is 15.0 Å². The number of halogens is 2. The van der Waals surface area contributed by atoms with Gasteiger partial charge in [-0.05, 0) is 17.7 Å². The van der Waals surface area contributed by atoms with Gasteiger partial charge < -0.3 is 10.7 Å². The fourth-order valence-corrected chi connectivity index (χ4v) is 2.14. The quantitative estimate of drug-likeness (QED) is 0.761. The van der Waals surface area contributed by atoms with Gasteiger partial charge in [-0.2, -0.15) is 0 Å². The summed E-state index contributed by atoms with van der Waals surface area (Å²) in [6, 6.07) is 5.47. The van der Waals surface area contributed by atoms with E-state index < -0.39 is 0 Å². The molecule has 2 aromatic heterocycles. The largest absolute Gasteiger partial charge is 0.382 e. The molecule has 1 aromatic carbocycles. The van der Waals surface area contributed by atoms with Crippen LogP contribution in [0.1, 0.15) is 11.4 Å². The molecular formula is C12H9Cl2N5. The van der Waals surface area contributed by atoms with Gasteiger partial charge in [-0.15, -0.1) is 0 Å². The lowest BCUT2D eigenvalue weighted by atomic mass is 10.1. The van der Waals surface area contributed by atoms with E-state index in [0.717, 1.165) is 11.4 Å². The lowest BCUT2D eigenvalue weighted by molar-refractivity contribution is 1.03. The van der Waals surface area contributed by atoms with Crippen molar-refractivity contribution >= 4 is 40.2 Å². The lowest BCUT2D eigenvalue weighted by Gasteiger charge is -2.00. The van der Waals surface area contributed by atoms with Crippen LogP contribution in [0.4, 0.5) is 5.82 Å². The first-order chi connectivity index (χ1) is 9.13. The van der Waals surface area contributed by atoms with E-state index in [1.807, 2.05) is 12.1 Å². The molecule has 3 N–H and O–H groups in total. The molecule has 3 rings (SSSR count). The third-order valence-electron chi connectivity index (χ3n) is 2.72. The Morgan fingerprint density at radius 1 is 1.16 bits per heavy atom. The van der Waals surface area contributed by atoms with Crippen LogP contribution in [0.25, 0.3) is 11.2 Å². The number of nitrogens with zero attached hydrogens (tertiary/aromatic N) is 3. The molecule has 0 saturated carbocycles. The number of benzene rings is 1. The molecule has 5 nitrogen and oxygen atoms in total. The zero-order valence-corrected chi connectivity index (χ0v) is 11.2. The molecule has 19 heavy (non-hydrogen) atoms. The zero-order chi connectivity index (χ0) is 13.4. The van der Waals surface area contributed by atoms with Crippen molar-refractivity contribution in [3.63, 3.8) is 0 Å². The third kappa shape index (κ3) is 2.34. The summed E-state index contributed by atoms with van der Waals surface area (Å²) < 4.78 is 0. The maximum absolute atomic E-state index is 5.98. The van der Waals surface area contributed by atoms with Crippen molar-refractivity contribution in [1.29, 1.82) is 0 Å². The second kappa shape index (κ2) is 4.68. The minimum Gasteiger partial charge on any atom is -0.382 e. The first-order valence-corrected chi connectivity index (χ1v) is 6.28. The van der Waals surface area contributed by atoms with Gasteiger partial charge in [0, 0.05) is 6.42 Å². The predicted molar refractivity (Wildman–Crippen MR) is 75.4 cm³/mol. The lowest BCUT2D eigenvalue weighted by Crippen LogP contribution is -1.92. The second-order valence-corrected chi connectivity index (χ2v) is 4.88. The molecule has 0 spiro atoms. The molecule has 0 radical (unpaired) electrons. The van der Waals surface area contributed by atoms with Crippen molar-refractivity contribution in [3.05, 3.63) is 46.0 Å². The second-order valence-electron chi connectivity index (χ2n) is 4.07. The van der Waals surface area contributed by atoms with Gasteiger partial charge in [0.1, 0.15) is 17.7 Å². The number of rotatable bonds is 2. The third-order valence-corrected chi connectivity index (χ3v) is 3.46. The average Bonchev–Trinajstić information content (AvgIpc) is 2.78. The number of nitrogens with two attached hydrogens (primary N) is 1. The average molecular weight is 294 g/mol. The Bertz CT molecular complexity index is 753. The van der Waals surface area contributed by atoms with Crippen molar-refractivity contribution < 1.29 is 0 Å². The summed E-state index contributed by atoms with van der Waals surface area (Å²) in [5.41, 5.74) is 7.95. The van der Waals surface area contributed by atoms with Gasteiger partial charge in [-0.3, -0.25) is 0 Å². The van der Waals surface area contributed by atoms with E-state index in [1.165, 1.54) is 6.33 Å². The molecule has 0 aliphatic carbocycles. The standard InChI is InChI=1S/C12H9Cl2N5/c13-7-2-1-6(3-8(7)14)4-9-18-10-11(15)16-5-17-12(10)19-9/h1-3,5H,4H2,(H3,15,16,17,18,19). The molecule has 0 bridgehead atoms. The van der Waals surface area contributed by atoms with Crippen molar-refractivity contribution in [2.24, 2.45) is 0 Å². The van der Waals surface area contributed by atoms with Crippen molar-refractivity contribution in [3.8, 4) is 0 Å². The van der Waals surface area contributed by atoms with Gasteiger partial charge in [0.2, 0.25) is 0 Å². The van der Waals surface area contributed by atoms with E-state index >= 15 is 0 Å². The molecule has 0 amide bonds. The Labute approximate surface area is 118 Å². The first-order valence-electron chi connectivity index (χ1n) is 5.52. The summed E-state index contributed by atoms with van der Waals surface area (Å²) in [6.45, 7) is 0. The highest BCUT2D eigenvalue weighted by molar-refractivity contribution is 6.42. The minimum absolute atomic E-state index is 0.387. The number of hydrogen-bond donors (Lipinski definition) is 2. The van der Waals surface area contributed by atoms with E-state index in [0.29, 0.717) is 33.4 Å². The minimum atomic E-state index is 0.387. The Morgan fingerprint density at radius 3 is 2.74 bits per heavy atom. The molecule has 2 heterocycles. The van der Waals surface area contributed by atoms with Crippen LogP contribution in [0, 0.1) is 0 Å². The first kappa shape index (κ1) is 12.2. The van der Waals surface area contributed by atoms with Gasteiger partial charge in [-0.1, -0.05) is 29.3 Å². The number of aromatic amines is 1. The SMILES string of the molecule is Nc1ncnc2nc(Cc3ccc(Cl)c(Cl)c3)[nH]c12. The molecule has 0 aliphatic heterocycles. The van der Waals surface area contributed by atoms with Crippen molar-refractivity contribution in [1.82, 2.24) is 19.9 Å². The predicted octanol–water partition coefficient (Wildman–Crippen LogP) is 2.83. The number of nitrogen functional groups attached to an aromatic ring is 1. The van der Waals surface area contributed by atoms with Gasteiger partial charge >= 0.3 is 0 Å². The normalized spacial score (nSPS) is 11.1. The molecule has 0 saturated heterocycles. The fraction of sp³-hybridized carbons (Fsp3) is 0.0833. The van der Waals surface area contributed by atoms with Crippen LogP contribution in [0.3, 0.4) is 0 Å². The molecule has 7 heteroatoms. The topological polar surface area (TPSA) is 80.5 Å². The molecule has 96 valence electrons. The fourth-order valence-electron chi connectivity index (χ4n) is 1.82. The molecule has 0 aliphatic rings. The van der Waals surface area contributed by atoms with E-state index in [4.69, 9.17) is 28.9 Å². The Morgan fingerprint density at radius 2 is 2.00 bits per heavy atom. The highest BCUT2D eigenvalue weighted by atomic mass is 35.5. The Balaban J connectivity index is 1.96. The monoisotopic (exact) mass is 293 g/mol. The molecule has 3 aromatic rings. The van der Waals surface area contributed by atoms with E-state index in [-0.39, 0.29) is 0 Å². The van der Waals surface area contributed by atoms with E-state index in [1.54, 1.807) is 6.07 Å². The summed E-state index contributed by atoms with van der Waals surface area (Å²) >= 11 is 11.9. The van der Waals surface area contributed by atoms with Crippen molar-refractivity contribution in [2.45, 2.75) is 6.42 Å².